The molecular weight excluding hydrogens is 409 g/mol. The van der Waals surface area contributed by atoms with E-state index in [9.17, 15) is 9.59 Å². The average Bonchev–Trinajstić information content (AvgIpc) is 2.70. The second kappa shape index (κ2) is 11.2. The van der Waals surface area contributed by atoms with E-state index in [2.05, 4.69) is 29.7 Å². The van der Waals surface area contributed by atoms with Gasteiger partial charge in [-0.15, -0.1) is 0 Å². The molecule has 0 aliphatic rings. The molecule has 5 nitrogen and oxygen atoms in total. The number of nitrogens with one attached hydrogen (secondary N) is 2. The highest BCUT2D eigenvalue weighted by Gasteiger charge is 2.17. The van der Waals surface area contributed by atoms with Gasteiger partial charge in [-0.1, -0.05) is 67.4 Å². The van der Waals surface area contributed by atoms with Crippen LogP contribution in [0.1, 0.15) is 37.9 Å². The predicted molar refractivity (Wildman–Crippen MR) is 120 cm³/mol. The van der Waals surface area contributed by atoms with Gasteiger partial charge in [0.25, 0.3) is 0 Å². The summed E-state index contributed by atoms with van der Waals surface area (Å²) in [4.78, 5) is 26.6. The number of hydrogen-bond donors (Lipinski definition) is 2. The first-order valence-electron chi connectivity index (χ1n) is 9.68. The van der Waals surface area contributed by atoms with Gasteiger partial charge in [0.2, 0.25) is 11.8 Å². The third-order valence-corrected chi connectivity index (χ3v) is 5.30. The van der Waals surface area contributed by atoms with E-state index in [-0.39, 0.29) is 30.9 Å². The summed E-state index contributed by atoms with van der Waals surface area (Å²) in [6.45, 7) is 6.69. The fourth-order valence-electron chi connectivity index (χ4n) is 2.89. The summed E-state index contributed by atoms with van der Waals surface area (Å²) < 4.78 is 0. The van der Waals surface area contributed by atoms with E-state index < -0.39 is 0 Å². The van der Waals surface area contributed by atoms with Gasteiger partial charge in [-0.3, -0.25) is 14.5 Å². The molecule has 0 aliphatic heterocycles. The SMILES string of the molecule is CCc1ccc(C(C)NC(=O)CN(CC)CC(=O)Nc2c(Cl)cccc2Cl)cc1. The molecule has 2 aromatic rings. The smallest absolute Gasteiger partial charge is 0.238 e. The number of para-hydroxylation sites is 1. The van der Waals surface area contributed by atoms with E-state index in [4.69, 9.17) is 23.2 Å². The Bertz CT molecular complexity index is 820. The molecule has 0 saturated heterocycles. The first-order valence-corrected chi connectivity index (χ1v) is 10.4. The molecule has 0 heterocycles. The lowest BCUT2D eigenvalue weighted by Gasteiger charge is -2.21. The van der Waals surface area contributed by atoms with Crippen molar-refractivity contribution in [3.05, 3.63) is 63.6 Å². The van der Waals surface area contributed by atoms with E-state index in [0.29, 0.717) is 22.3 Å². The number of anilines is 1. The number of rotatable bonds is 9. The summed E-state index contributed by atoms with van der Waals surface area (Å²) in [5.41, 5.74) is 2.68. The van der Waals surface area contributed by atoms with Crippen molar-refractivity contribution in [2.75, 3.05) is 25.0 Å². The van der Waals surface area contributed by atoms with Crippen LogP contribution in [0.15, 0.2) is 42.5 Å². The van der Waals surface area contributed by atoms with Gasteiger partial charge in [0.15, 0.2) is 0 Å². The summed E-state index contributed by atoms with van der Waals surface area (Å²) in [7, 11) is 0. The summed E-state index contributed by atoms with van der Waals surface area (Å²) in [5.74, 6) is -0.416. The molecule has 1 atom stereocenters. The zero-order valence-corrected chi connectivity index (χ0v) is 18.5. The molecule has 0 aliphatic carbocycles. The standard InChI is InChI=1S/C22H27Cl2N3O2/c1-4-16-9-11-17(12-10-16)15(3)25-20(28)13-27(5-2)14-21(29)26-22-18(23)7-6-8-19(22)24/h6-12,15H,4-5,13-14H2,1-3H3,(H,25,28)(H,26,29). The van der Waals surface area contributed by atoms with Crippen LogP contribution in [-0.2, 0) is 16.0 Å². The van der Waals surface area contributed by atoms with Crippen LogP contribution >= 0.6 is 23.2 Å². The first kappa shape index (κ1) is 23.2. The Morgan fingerprint density at radius 3 is 2.10 bits per heavy atom. The van der Waals surface area contributed by atoms with Crippen molar-refractivity contribution in [3.8, 4) is 0 Å². The van der Waals surface area contributed by atoms with Gasteiger partial charge in [0.1, 0.15) is 0 Å². The number of amides is 2. The molecule has 2 amide bonds. The molecule has 0 aromatic heterocycles. The van der Waals surface area contributed by atoms with E-state index in [1.165, 1.54) is 5.56 Å². The lowest BCUT2D eigenvalue weighted by molar-refractivity contribution is -0.123. The molecule has 156 valence electrons. The molecule has 1 unspecified atom stereocenters. The van der Waals surface area contributed by atoms with Crippen LogP contribution in [0, 0.1) is 0 Å². The Labute approximate surface area is 182 Å². The molecule has 2 aromatic carbocycles. The van der Waals surface area contributed by atoms with Crippen molar-refractivity contribution < 1.29 is 9.59 Å². The van der Waals surface area contributed by atoms with Crippen LogP contribution in [0.2, 0.25) is 10.0 Å². The molecule has 2 rings (SSSR count). The van der Waals surface area contributed by atoms with Gasteiger partial charge in [0.05, 0.1) is 34.9 Å². The maximum Gasteiger partial charge on any atom is 0.238 e. The topological polar surface area (TPSA) is 61.4 Å². The third kappa shape index (κ3) is 7.03. The Morgan fingerprint density at radius 2 is 1.55 bits per heavy atom. The molecule has 0 bridgehead atoms. The molecule has 0 spiro atoms. The monoisotopic (exact) mass is 435 g/mol. The van der Waals surface area contributed by atoms with Crippen molar-refractivity contribution in [1.82, 2.24) is 10.2 Å². The van der Waals surface area contributed by atoms with Gasteiger partial charge < -0.3 is 10.6 Å². The van der Waals surface area contributed by atoms with Gasteiger partial charge in [-0.2, -0.15) is 0 Å². The molecule has 7 heteroatoms. The van der Waals surface area contributed by atoms with Gasteiger partial charge in [-0.05, 0) is 43.1 Å². The summed E-state index contributed by atoms with van der Waals surface area (Å²) in [5, 5.41) is 6.44. The first-order chi connectivity index (χ1) is 13.8. The van der Waals surface area contributed by atoms with Crippen LogP contribution in [0.5, 0.6) is 0 Å². The molecular formula is C22H27Cl2N3O2. The number of carbonyl (C=O) groups is 2. The lowest BCUT2D eigenvalue weighted by Crippen LogP contribution is -2.41. The molecule has 29 heavy (non-hydrogen) atoms. The quantitative estimate of drug-likeness (QED) is 0.600. The Hall–Kier alpha value is -2.08. The van der Waals surface area contributed by atoms with E-state index in [1.54, 1.807) is 23.1 Å². The second-order valence-corrected chi connectivity index (χ2v) is 7.65. The number of benzene rings is 2. The molecule has 2 N–H and O–H groups in total. The Morgan fingerprint density at radius 1 is 0.966 bits per heavy atom. The third-order valence-electron chi connectivity index (χ3n) is 4.67. The number of aryl methyl sites for hydroxylation is 1. The maximum atomic E-state index is 12.4. The summed E-state index contributed by atoms with van der Waals surface area (Å²) in [6.07, 6.45) is 0.980. The van der Waals surface area contributed by atoms with Crippen LogP contribution < -0.4 is 10.6 Å². The lowest BCUT2D eigenvalue weighted by atomic mass is 10.1. The minimum Gasteiger partial charge on any atom is -0.348 e. The van der Waals surface area contributed by atoms with Crippen molar-refractivity contribution in [2.24, 2.45) is 0 Å². The van der Waals surface area contributed by atoms with Gasteiger partial charge in [0, 0.05) is 0 Å². The average molecular weight is 436 g/mol. The fraction of sp³-hybridized carbons (Fsp3) is 0.364. The van der Waals surface area contributed by atoms with Crippen molar-refractivity contribution >= 4 is 40.7 Å². The van der Waals surface area contributed by atoms with Crippen LogP contribution in [0.3, 0.4) is 0 Å². The largest absolute Gasteiger partial charge is 0.348 e. The second-order valence-electron chi connectivity index (χ2n) is 6.83. The molecule has 0 fully saturated rings. The van der Waals surface area contributed by atoms with E-state index in [1.807, 2.05) is 26.0 Å². The maximum absolute atomic E-state index is 12.4. The summed E-state index contributed by atoms with van der Waals surface area (Å²) in [6, 6.07) is 13.1. The number of halogens is 2. The summed E-state index contributed by atoms with van der Waals surface area (Å²) >= 11 is 12.2. The van der Waals surface area contributed by atoms with Gasteiger partial charge in [-0.25, -0.2) is 0 Å². The highest BCUT2D eigenvalue weighted by atomic mass is 35.5. The minimum absolute atomic E-state index is 0.0606. The number of likely N-dealkylation sites (N-methyl/N-ethyl adjacent to an activating group) is 1. The highest BCUT2D eigenvalue weighted by molar-refractivity contribution is 6.39. The Kier molecular flexibility index (Phi) is 8.96. The van der Waals surface area contributed by atoms with Crippen LogP contribution in [0.4, 0.5) is 5.69 Å². The van der Waals surface area contributed by atoms with Crippen LogP contribution in [0.25, 0.3) is 0 Å². The van der Waals surface area contributed by atoms with Crippen molar-refractivity contribution in [3.63, 3.8) is 0 Å². The number of nitrogens with zero attached hydrogens (tertiary/aromatic N) is 1. The van der Waals surface area contributed by atoms with E-state index >= 15 is 0 Å². The zero-order valence-electron chi connectivity index (χ0n) is 17.0. The zero-order chi connectivity index (χ0) is 21.4. The van der Waals surface area contributed by atoms with Crippen molar-refractivity contribution in [2.45, 2.75) is 33.2 Å². The molecule has 0 saturated carbocycles. The predicted octanol–water partition coefficient (Wildman–Crippen LogP) is 4.69. The number of carbonyl (C=O) groups excluding carboxylic acids is 2. The minimum atomic E-state index is -0.280. The van der Waals surface area contributed by atoms with E-state index in [0.717, 1.165) is 12.0 Å². The number of hydrogen-bond acceptors (Lipinski definition) is 3. The molecule has 0 radical (unpaired) electrons. The van der Waals surface area contributed by atoms with Gasteiger partial charge >= 0.3 is 0 Å². The Balaban J connectivity index is 1.89. The fourth-order valence-corrected chi connectivity index (χ4v) is 3.39. The van der Waals surface area contributed by atoms with Crippen molar-refractivity contribution in [1.29, 1.82) is 0 Å². The van der Waals surface area contributed by atoms with Crippen LogP contribution in [-0.4, -0.2) is 36.3 Å². The normalized spacial score (nSPS) is 11.9. The highest BCUT2D eigenvalue weighted by Crippen LogP contribution is 2.29.